The van der Waals surface area contributed by atoms with Crippen LogP contribution >= 0.6 is 0 Å². The van der Waals surface area contributed by atoms with Crippen LogP contribution in [0, 0.1) is 5.82 Å². The quantitative estimate of drug-likeness (QED) is 0.481. The van der Waals surface area contributed by atoms with Gasteiger partial charge in [0, 0.05) is 6.54 Å². The molecule has 0 saturated heterocycles. The first-order valence-corrected chi connectivity index (χ1v) is 7.46. The number of imide groups is 1. The van der Waals surface area contributed by atoms with Crippen LogP contribution in [0.15, 0.2) is 48.5 Å². The van der Waals surface area contributed by atoms with Gasteiger partial charge in [-0.3, -0.25) is 14.5 Å². The van der Waals surface area contributed by atoms with Crippen molar-refractivity contribution >= 4 is 17.8 Å². The number of amides is 2. The third-order valence-electron chi connectivity index (χ3n) is 3.72. The maximum atomic E-state index is 12.8. The van der Waals surface area contributed by atoms with E-state index in [1.807, 2.05) is 0 Å². The molecule has 1 aliphatic heterocycles. The molecule has 0 N–H and O–H groups in total. The summed E-state index contributed by atoms with van der Waals surface area (Å²) in [4.78, 5) is 37.2. The summed E-state index contributed by atoms with van der Waals surface area (Å²) < 4.78 is 17.9. The molecule has 1 heterocycles. The Morgan fingerprint density at radius 1 is 0.958 bits per heavy atom. The average molecular weight is 327 g/mol. The van der Waals surface area contributed by atoms with Crippen molar-refractivity contribution in [2.75, 3.05) is 13.2 Å². The van der Waals surface area contributed by atoms with Gasteiger partial charge in [-0.2, -0.15) is 0 Å². The highest BCUT2D eigenvalue weighted by atomic mass is 19.1. The zero-order chi connectivity index (χ0) is 17.1. The lowest BCUT2D eigenvalue weighted by Gasteiger charge is -2.13. The van der Waals surface area contributed by atoms with Gasteiger partial charge in [0.2, 0.25) is 0 Å². The fourth-order valence-electron chi connectivity index (χ4n) is 2.50. The highest BCUT2D eigenvalue weighted by molar-refractivity contribution is 6.21. The Labute approximate surface area is 137 Å². The van der Waals surface area contributed by atoms with Gasteiger partial charge >= 0.3 is 5.97 Å². The van der Waals surface area contributed by atoms with Gasteiger partial charge in [0.15, 0.2) is 0 Å². The molecule has 0 radical (unpaired) electrons. The first-order valence-electron chi connectivity index (χ1n) is 7.46. The van der Waals surface area contributed by atoms with Gasteiger partial charge in [0.25, 0.3) is 11.8 Å². The Morgan fingerprint density at radius 3 is 2.12 bits per heavy atom. The molecule has 0 bridgehead atoms. The third kappa shape index (κ3) is 3.03. The van der Waals surface area contributed by atoms with Gasteiger partial charge in [-0.15, -0.1) is 0 Å². The molecule has 122 valence electrons. The smallest absolute Gasteiger partial charge is 0.338 e. The summed E-state index contributed by atoms with van der Waals surface area (Å²) >= 11 is 0. The molecule has 5 nitrogen and oxygen atoms in total. The summed E-state index contributed by atoms with van der Waals surface area (Å²) in [5.41, 5.74) is 1.04. The molecule has 6 heteroatoms. The summed E-state index contributed by atoms with van der Waals surface area (Å²) in [6.07, 6.45) is 0.332. The molecule has 0 fully saturated rings. The first-order chi connectivity index (χ1) is 11.6. The number of fused-ring (bicyclic) bond motifs is 1. The second-order valence-corrected chi connectivity index (χ2v) is 5.30. The topological polar surface area (TPSA) is 63.7 Å². The maximum absolute atomic E-state index is 12.8. The van der Waals surface area contributed by atoms with Gasteiger partial charge < -0.3 is 4.74 Å². The molecular formula is C18H14FNO4. The lowest BCUT2D eigenvalue weighted by atomic mass is 10.1. The van der Waals surface area contributed by atoms with E-state index in [0.29, 0.717) is 17.5 Å². The Hall–Kier alpha value is -3.02. The van der Waals surface area contributed by atoms with Crippen LogP contribution in [0.2, 0.25) is 0 Å². The lowest BCUT2D eigenvalue weighted by Crippen LogP contribution is -2.31. The number of ether oxygens (including phenoxy) is 1. The Morgan fingerprint density at radius 2 is 1.54 bits per heavy atom. The third-order valence-corrected chi connectivity index (χ3v) is 3.72. The largest absolute Gasteiger partial charge is 0.462 e. The lowest BCUT2D eigenvalue weighted by molar-refractivity contribution is 0.0482. The summed E-state index contributed by atoms with van der Waals surface area (Å²) in [7, 11) is 0. The van der Waals surface area contributed by atoms with Gasteiger partial charge in [-0.05, 0) is 42.8 Å². The SMILES string of the molecule is O=C(OCCCN1C(=O)c2ccccc2C1=O)c1ccc(F)cc1. The molecule has 0 atom stereocenters. The van der Waals surface area contributed by atoms with E-state index in [9.17, 15) is 18.8 Å². The fourth-order valence-corrected chi connectivity index (χ4v) is 2.50. The predicted molar refractivity (Wildman–Crippen MR) is 83.1 cm³/mol. The average Bonchev–Trinajstić information content (AvgIpc) is 2.84. The molecule has 2 aromatic rings. The molecular weight excluding hydrogens is 313 g/mol. The monoisotopic (exact) mass is 327 g/mol. The number of esters is 1. The summed E-state index contributed by atoms with van der Waals surface area (Å²) in [5, 5.41) is 0. The molecule has 0 unspecified atom stereocenters. The van der Waals surface area contributed by atoms with Crippen LogP contribution in [0.1, 0.15) is 37.5 Å². The van der Waals surface area contributed by atoms with E-state index in [1.54, 1.807) is 24.3 Å². The number of benzene rings is 2. The Kier molecular flexibility index (Phi) is 4.37. The van der Waals surface area contributed by atoms with Gasteiger partial charge in [0.05, 0.1) is 23.3 Å². The van der Waals surface area contributed by atoms with Crippen LogP contribution in [-0.4, -0.2) is 35.8 Å². The van der Waals surface area contributed by atoms with E-state index >= 15 is 0 Å². The molecule has 0 aliphatic carbocycles. The van der Waals surface area contributed by atoms with E-state index in [1.165, 1.54) is 24.3 Å². The highest BCUT2D eigenvalue weighted by Gasteiger charge is 2.34. The molecule has 0 saturated carbocycles. The molecule has 2 amide bonds. The van der Waals surface area contributed by atoms with E-state index in [2.05, 4.69) is 0 Å². The zero-order valence-corrected chi connectivity index (χ0v) is 12.7. The number of hydrogen-bond donors (Lipinski definition) is 0. The van der Waals surface area contributed by atoms with Crippen molar-refractivity contribution in [3.8, 4) is 0 Å². The maximum Gasteiger partial charge on any atom is 0.338 e. The fraction of sp³-hybridized carbons (Fsp3) is 0.167. The van der Waals surface area contributed by atoms with E-state index in [4.69, 9.17) is 4.74 Å². The first kappa shape index (κ1) is 15.9. The van der Waals surface area contributed by atoms with Gasteiger partial charge in [-0.1, -0.05) is 12.1 Å². The van der Waals surface area contributed by atoms with E-state index in [0.717, 1.165) is 4.90 Å². The normalized spacial score (nSPS) is 13.1. The molecule has 24 heavy (non-hydrogen) atoms. The summed E-state index contributed by atoms with van der Waals surface area (Å²) in [5.74, 6) is -1.67. The van der Waals surface area contributed by atoms with Crippen molar-refractivity contribution in [3.63, 3.8) is 0 Å². The number of halogens is 1. The summed E-state index contributed by atoms with van der Waals surface area (Å²) in [6.45, 7) is 0.229. The Bertz CT molecular complexity index is 766. The second-order valence-electron chi connectivity index (χ2n) is 5.30. The highest BCUT2D eigenvalue weighted by Crippen LogP contribution is 2.22. The number of nitrogens with zero attached hydrogens (tertiary/aromatic N) is 1. The van der Waals surface area contributed by atoms with Crippen molar-refractivity contribution in [3.05, 3.63) is 71.0 Å². The van der Waals surface area contributed by atoms with Gasteiger partial charge in [-0.25, -0.2) is 9.18 Å². The minimum absolute atomic E-state index is 0.0591. The van der Waals surface area contributed by atoms with E-state index in [-0.39, 0.29) is 30.5 Å². The van der Waals surface area contributed by atoms with Crippen LogP contribution in [0.5, 0.6) is 0 Å². The van der Waals surface area contributed by atoms with Crippen LogP contribution in [-0.2, 0) is 4.74 Å². The Balaban J connectivity index is 1.51. The molecule has 1 aliphatic rings. The minimum atomic E-state index is -0.572. The van der Waals surface area contributed by atoms with Crippen LogP contribution in [0.3, 0.4) is 0 Å². The zero-order valence-electron chi connectivity index (χ0n) is 12.7. The van der Waals surface area contributed by atoms with Crippen molar-refractivity contribution in [2.45, 2.75) is 6.42 Å². The molecule has 0 spiro atoms. The molecule has 3 rings (SSSR count). The van der Waals surface area contributed by atoms with E-state index < -0.39 is 11.8 Å². The predicted octanol–water partition coefficient (Wildman–Crippen LogP) is 2.67. The molecule has 0 aromatic heterocycles. The van der Waals surface area contributed by atoms with Crippen LogP contribution in [0.25, 0.3) is 0 Å². The van der Waals surface area contributed by atoms with Crippen molar-refractivity contribution in [1.82, 2.24) is 4.90 Å². The van der Waals surface area contributed by atoms with Crippen LogP contribution < -0.4 is 0 Å². The number of rotatable bonds is 5. The van der Waals surface area contributed by atoms with Crippen molar-refractivity contribution in [1.29, 1.82) is 0 Å². The molecule has 2 aromatic carbocycles. The van der Waals surface area contributed by atoms with Crippen LogP contribution in [0.4, 0.5) is 4.39 Å². The van der Waals surface area contributed by atoms with Gasteiger partial charge in [0.1, 0.15) is 5.82 Å². The van der Waals surface area contributed by atoms with Crippen molar-refractivity contribution in [2.24, 2.45) is 0 Å². The second kappa shape index (κ2) is 6.62. The standard InChI is InChI=1S/C18H14FNO4/c19-13-8-6-12(7-9-13)18(23)24-11-3-10-20-16(21)14-4-1-2-5-15(14)17(20)22/h1-2,4-9H,3,10-11H2. The summed E-state index contributed by atoms with van der Waals surface area (Å²) in [6, 6.07) is 11.7. The number of carbonyl (C=O) groups is 3. The minimum Gasteiger partial charge on any atom is -0.462 e. The number of carbonyl (C=O) groups excluding carboxylic acids is 3. The number of hydrogen-bond acceptors (Lipinski definition) is 4. The van der Waals surface area contributed by atoms with Crippen molar-refractivity contribution < 1.29 is 23.5 Å².